The molecule has 3 heterocycles. The number of hydrogen-bond acceptors (Lipinski definition) is 8. The van der Waals surface area contributed by atoms with Crippen LogP contribution in [0.25, 0.3) is 21.6 Å². The van der Waals surface area contributed by atoms with Gasteiger partial charge in [-0.1, -0.05) is 24.2 Å². The lowest BCUT2D eigenvalue weighted by Crippen LogP contribution is -2.36. The van der Waals surface area contributed by atoms with Gasteiger partial charge in [-0.3, -0.25) is 4.98 Å². The van der Waals surface area contributed by atoms with Crippen molar-refractivity contribution >= 4 is 26.7 Å². The number of pyridine rings is 1. The molecule has 5 rings (SSSR count). The highest BCUT2D eigenvalue weighted by Crippen LogP contribution is 2.32. The first-order valence-electron chi connectivity index (χ1n) is 10.0. The third-order valence-corrected chi connectivity index (χ3v) is 6.12. The molecular formula is C22H21N5O2S. The van der Waals surface area contributed by atoms with Crippen LogP contribution in [0.4, 0.5) is 5.13 Å². The zero-order chi connectivity index (χ0) is 20.3. The van der Waals surface area contributed by atoms with Gasteiger partial charge < -0.3 is 15.2 Å². The lowest BCUT2D eigenvalue weighted by molar-refractivity contribution is 0.116. The number of benzene rings is 1. The highest BCUT2D eigenvalue weighted by molar-refractivity contribution is 7.22. The minimum Gasteiger partial charge on any atom is -0.439 e. The first-order chi connectivity index (χ1) is 14.7. The largest absolute Gasteiger partial charge is 0.439 e. The van der Waals surface area contributed by atoms with E-state index in [9.17, 15) is 5.11 Å². The lowest BCUT2D eigenvalue weighted by Gasteiger charge is -2.27. The Hall–Kier alpha value is -3.10. The normalized spacial score (nSPS) is 19.0. The number of hydrogen-bond donors (Lipinski definition) is 2. The van der Waals surface area contributed by atoms with Crippen molar-refractivity contribution in [1.29, 1.82) is 0 Å². The summed E-state index contributed by atoms with van der Waals surface area (Å²) >= 11 is 1.56. The Morgan fingerprint density at radius 3 is 2.87 bits per heavy atom. The van der Waals surface area contributed by atoms with E-state index in [2.05, 4.69) is 25.3 Å². The second-order valence-corrected chi connectivity index (χ2v) is 8.34. The quantitative estimate of drug-likeness (QED) is 0.486. The minimum atomic E-state index is -0.309. The number of anilines is 1. The molecule has 0 unspecified atom stereocenters. The van der Waals surface area contributed by atoms with Gasteiger partial charge in [0.15, 0.2) is 11.0 Å². The van der Waals surface area contributed by atoms with Crippen molar-refractivity contribution < 1.29 is 9.84 Å². The van der Waals surface area contributed by atoms with Crippen molar-refractivity contribution in [2.24, 2.45) is 0 Å². The molecule has 0 spiro atoms. The number of ether oxygens (including phenoxy) is 1. The number of rotatable bonds is 5. The summed E-state index contributed by atoms with van der Waals surface area (Å²) in [6, 6.07) is 11.3. The van der Waals surface area contributed by atoms with Crippen molar-refractivity contribution in [3.8, 4) is 23.0 Å². The van der Waals surface area contributed by atoms with Crippen molar-refractivity contribution in [1.82, 2.24) is 19.9 Å². The molecule has 0 saturated heterocycles. The van der Waals surface area contributed by atoms with Gasteiger partial charge in [-0.05, 0) is 37.1 Å². The maximum Gasteiger partial charge on any atom is 0.222 e. The second-order valence-electron chi connectivity index (χ2n) is 7.31. The van der Waals surface area contributed by atoms with Gasteiger partial charge in [0.1, 0.15) is 5.75 Å². The molecule has 0 aliphatic heterocycles. The average Bonchev–Trinajstić information content (AvgIpc) is 3.18. The van der Waals surface area contributed by atoms with Gasteiger partial charge in [0.2, 0.25) is 5.88 Å². The van der Waals surface area contributed by atoms with E-state index in [1.54, 1.807) is 36.0 Å². The number of nitrogens with zero attached hydrogens (tertiary/aromatic N) is 4. The summed E-state index contributed by atoms with van der Waals surface area (Å²) < 4.78 is 6.99. The third kappa shape index (κ3) is 4.10. The van der Waals surface area contributed by atoms with Gasteiger partial charge in [-0.2, -0.15) is 4.98 Å². The van der Waals surface area contributed by atoms with Crippen LogP contribution in [-0.4, -0.2) is 37.2 Å². The topological polar surface area (TPSA) is 93.0 Å². The van der Waals surface area contributed by atoms with Crippen LogP contribution in [0.3, 0.4) is 0 Å². The number of fused-ring (bicyclic) bond motifs is 1. The number of aromatic nitrogens is 4. The molecule has 2 atom stereocenters. The molecule has 1 aromatic carbocycles. The van der Waals surface area contributed by atoms with Crippen LogP contribution in [0, 0.1) is 0 Å². The molecule has 2 N–H and O–H groups in total. The van der Waals surface area contributed by atoms with E-state index in [-0.39, 0.29) is 12.1 Å². The van der Waals surface area contributed by atoms with Crippen LogP contribution < -0.4 is 10.1 Å². The maximum atomic E-state index is 10.2. The molecule has 7 nitrogen and oxygen atoms in total. The fraction of sp³-hybridized carbons (Fsp3) is 0.273. The summed E-state index contributed by atoms with van der Waals surface area (Å²) in [5, 5.41) is 14.4. The summed E-state index contributed by atoms with van der Waals surface area (Å²) in [5.74, 6) is 1.72. The van der Waals surface area contributed by atoms with Crippen molar-refractivity contribution in [2.75, 3.05) is 5.32 Å². The molecule has 0 radical (unpaired) electrons. The van der Waals surface area contributed by atoms with Crippen LogP contribution in [0.1, 0.15) is 25.7 Å². The van der Waals surface area contributed by atoms with Crippen molar-refractivity contribution in [2.45, 2.75) is 37.8 Å². The van der Waals surface area contributed by atoms with Crippen molar-refractivity contribution in [3.63, 3.8) is 0 Å². The molecule has 4 aromatic rings. The molecule has 30 heavy (non-hydrogen) atoms. The molecule has 1 aliphatic rings. The smallest absolute Gasteiger partial charge is 0.222 e. The SMILES string of the molecule is O[C@@H]1CCCC[C@H]1Nc1nc2ccc(Oc3ccnc(-c4cccnc4)n3)cc2s1. The number of aliphatic hydroxyl groups is 1. The Kier molecular flexibility index (Phi) is 5.25. The van der Waals surface area contributed by atoms with E-state index in [0.717, 1.165) is 46.6 Å². The van der Waals surface area contributed by atoms with Gasteiger partial charge in [0, 0.05) is 36.3 Å². The molecule has 0 bridgehead atoms. The zero-order valence-corrected chi connectivity index (χ0v) is 17.0. The van der Waals surface area contributed by atoms with Crippen LogP contribution in [0.15, 0.2) is 55.0 Å². The van der Waals surface area contributed by atoms with Gasteiger partial charge in [0.25, 0.3) is 0 Å². The van der Waals surface area contributed by atoms with Gasteiger partial charge in [-0.15, -0.1) is 0 Å². The molecule has 1 saturated carbocycles. The molecule has 1 aliphatic carbocycles. The van der Waals surface area contributed by atoms with E-state index in [1.165, 1.54) is 0 Å². The standard InChI is InChI=1S/C22H21N5O2S/c28-18-6-2-1-5-16(18)25-22-26-17-8-7-15(12-19(17)30-22)29-20-9-11-24-21(27-20)14-4-3-10-23-13-14/h3-4,7-13,16,18,28H,1-2,5-6H2,(H,25,26)/t16-,18-/m1/s1. The number of nitrogens with one attached hydrogen (secondary N) is 1. The van der Waals surface area contributed by atoms with Crippen LogP contribution in [0.2, 0.25) is 0 Å². The lowest BCUT2D eigenvalue weighted by atomic mass is 9.93. The molecule has 1 fully saturated rings. The first kappa shape index (κ1) is 18.9. The third-order valence-electron chi connectivity index (χ3n) is 5.17. The summed E-state index contributed by atoms with van der Waals surface area (Å²) in [6.07, 6.45) is 8.85. The predicted octanol–water partition coefficient (Wildman–Crippen LogP) is 4.66. The molecular weight excluding hydrogens is 398 g/mol. The van der Waals surface area contributed by atoms with E-state index in [1.807, 2.05) is 30.3 Å². The van der Waals surface area contributed by atoms with Gasteiger partial charge in [0.05, 0.1) is 22.4 Å². The van der Waals surface area contributed by atoms with Crippen LogP contribution in [-0.2, 0) is 0 Å². The number of aliphatic hydroxyl groups excluding tert-OH is 1. The van der Waals surface area contributed by atoms with E-state index < -0.39 is 0 Å². The molecule has 152 valence electrons. The molecule has 3 aromatic heterocycles. The Bertz CT molecular complexity index is 1150. The van der Waals surface area contributed by atoms with E-state index >= 15 is 0 Å². The van der Waals surface area contributed by atoms with Crippen LogP contribution in [0.5, 0.6) is 11.6 Å². The minimum absolute atomic E-state index is 0.0712. The average molecular weight is 420 g/mol. The van der Waals surface area contributed by atoms with E-state index in [0.29, 0.717) is 17.5 Å². The summed E-state index contributed by atoms with van der Waals surface area (Å²) in [5.41, 5.74) is 1.74. The summed E-state index contributed by atoms with van der Waals surface area (Å²) in [6.45, 7) is 0. The van der Waals surface area contributed by atoms with Crippen LogP contribution >= 0.6 is 11.3 Å². The maximum absolute atomic E-state index is 10.2. The second kappa shape index (κ2) is 8.33. The predicted molar refractivity (Wildman–Crippen MR) is 117 cm³/mol. The fourth-order valence-corrected chi connectivity index (χ4v) is 4.58. The highest BCUT2D eigenvalue weighted by atomic mass is 32.1. The summed E-state index contributed by atoms with van der Waals surface area (Å²) in [7, 11) is 0. The van der Waals surface area contributed by atoms with Gasteiger partial charge >= 0.3 is 0 Å². The Balaban J connectivity index is 1.34. The Morgan fingerprint density at radius 2 is 2.00 bits per heavy atom. The molecule has 0 amide bonds. The van der Waals surface area contributed by atoms with Crippen molar-refractivity contribution in [3.05, 3.63) is 55.0 Å². The number of thiazole rings is 1. The van der Waals surface area contributed by atoms with Gasteiger partial charge in [-0.25, -0.2) is 9.97 Å². The van der Waals surface area contributed by atoms with E-state index in [4.69, 9.17) is 4.74 Å². The Morgan fingerprint density at radius 1 is 1.07 bits per heavy atom. The first-order valence-corrected chi connectivity index (χ1v) is 10.8. The summed E-state index contributed by atoms with van der Waals surface area (Å²) in [4.78, 5) is 17.5. The molecule has 8 heteroatoms. The Labute approximate surface area is 177 Å². The highest BCUT2D eigenvalue weighted by Gasteiger charge is 2.23. The zero-order valence-electron chi connectivity index (χ0n) is 16.2. The fourth-order valence-electron chi connectivity index (χ4n) is 3.62. The monoisotopic (exact) mass is 419 g/mol.